The van der Waals surface area contributed by atoms with Crippen molar-refractivity contribution in [2.45, 2.75) is 6.04 Å². The van der Waals surface area contributed by atoms with Crippen LogP contribution in [0.2, 0.25) is 0 Å². The van der Waals surface area contributed by atoms with Gasteiger partial charge in [0.2, 0.25) is 0 Å². The van der Waals surface area contributed by atoms with Gasteiger partial charge in [-0.25, -0.2) is 4.39 Å². The Balaban J connectivity index is 3.12. The van der Waals surface area contributed by atoms with Crippen LogP contribution in [0.3, 0.4) is 0 Å². The lowest BCUT2D eigenvalue weighted by Crippen LogP contribution is -2.27. The summed E-state index contributed by atoms with van der Waals surface area (Å²) in [7, 11) is 3.17. The Bertz CT molecular complexity index is 379. The third-order valence-electron chi connectivity index (χ3n) is 2.04. The van der Waals surface area contributed by atoms with Crippen LogP contribution in [0, 0.1) is 5.82 Å². The Kier molecular flexibility index (Phi) is 3.26. The fourth-order valence-electron chi connectivity index (χ4n) is 1.35. The largest absolute Gasteiger partial charge is 0.505 e. The molecule has 0 saturated carbocycles. The Morgan fingerprint density at radius 1 is 1.47 bits per heavy atom. The Labute approximate surface area is 86.6 Å². The van der Waals surface area contributed by atoms with Crippen molar-refractivity contribution < 1.29 is 19.4 Å². The van der Waals surface area contributed by atoms with Crippen LogP contribution < -0.4 is 0 Å². The first-order valence-electron chi connectivity index (χ1n) is 4.31. The molecule has 0 aliphatic carbocycles. The van der Waals surface area contributed by atoms with E-state index in [0.29, 0.717) is 5.56 Å². The van der Waals surface area contributed by atoms with Crippen LogP contribution in [-0.4, -0.2) is 35.2 Å². The van der Waals surface area contributed by atoms with E-state index in [1.807, 2.05) is 0 Å². The summed E-state index contributed by atoms with van der Waals surface area (Å²) >= 11 is 0. The minimum atomic E-state index is -1.06. The van der Waals surface area contributed by atoms with Crippen molar-refractivity contribution >= 4 is 5.97 Å². The number of likely N-dealkylation sites (N-methyl/N-ethyl adjacent to an activating group) is 1. The smallest absolute Gasteiger partial charge is 0.325 e. The average molecular weight is 213 g/mol. The molecule has 0 aliphatic heterocycles. The Morgan fingerprint density at radius 2 is 2.07 bits per heavy atom. The number of halogens is 1. The number of carbonyl (C=O) groups is 1. The molecule has 1 rings (SSSR count). The van der Waals surface area contributed by atoms with Crippen LogP contribution in [0.1, 0.15) is 11.6 Å². The van der Waals surface area contributed by atoms with Crippen LogP contribution >= 0.6 is 0 Å². The van der Waals surface area contributed by atoms with Gasteiger partial charge in [-0.2, -0.15) is 0 Å². The molecule has 0 aliphatic rings. The molecule has 82 valence electrons. The van der Waals surface area contributed by atoms with Gasteiger partial charge in [-0.05, 0) is 31.8 Å². The van der Waals surface area contributed by atoms with Gasteiger partial charge in [-0.1, -0.05) is 6.07 Å². The third kappa shape index (κ3) is 2.44. The van der Waals surface area contributed by atoms with Crippen molar-refractivity contribution in [3.05, 3.63) is 29.6 Å². The minimum Gasteiger partial charge on any atom is -0.505 e. The van der Waals surface area contributed by atoms with Crippen molar-refractivity contribution in [2.24, 2.45) is 0 Å². The van der Waals surface area contributed by atoms with Gasteiger partial charge in [0.25, 0.3) is 0 Å². The first-order chi connectivity index (χ1) is 6.93. The van der Waals surface area contributed by atoms with E-state index in [1.54, 1.807) is 14.1 Å². The van der Waals surface area contributed by atoms with Crippen molar-refractivity contribution in [3.8, 4) is 5.75 Å². The maximum absolute atomic E-state index is 13.0. The van der Waals surface area contributed by atoms with Gasteiger partial charge in [0.1, 0.15) is 6.04 Å². The standard InChI is InChI=1S/C10H12FNO3/c1-12(2)9(10(14)15)6-3-4-8(13)7(11)5-6/h3-5,9,13H,1-2H3,(H,14,15). The molecule has 2 N–H and O–H groups in total. The number of benzene rings is 1. The number of phenolic OH excluding ortho intramolecular Hbond substituents is 1. The molecule has 5 heteroatoms. The van der Waals surface area contributed by atoms with Crippen LogP contribution in [0.15, 0.2) is 18.2 Å². The van der Waals surface area contributed by atoms with Crippen LogP contribution in [0.25, 0.3) is 0 Å². The molecule has 1 atom stereocenters. The van der Waals surface area contributed by atoms with Gasteiger partial charge in [0, 0.05) is 0 Å². The first kappa shape index (κ1) is 11.5. The van der Waals surface area contributed by atoms with Gasteiger partial charge in [-0.3, -0.25) is 9.69 Å². The average Bonchev–Trinajstić information content (AvgIpc) is 2.10. The molecule has 1 aromatic rings. The molecule has 0 fully saturated rings. The van der Waals surface area contributed by atoms with E-state index in [-0.39, 0.29) is 0 Å². The highest BCUT2D eigenvalue weighted by molar-refractivity contribution is 5.75. The highest BCUT2D eigenvalue weighted by Gasteiger charge is 2.22. The van der Waals surface area contributed by atoms with E-state index in [0.717, 1.165) is 12.1 Å². The summed E-state index contributed by atoms with van der Waals surface area (Å²) in [5.74, 6) is -2.37. The molecule has 0 aromatic heterocycles. The maximum Gasteiger partial charge on any atom is 0.325 e. The second-order valence-electron chi connectivity index (χ2n) is 3.42. The molecule has 0 saturated heterocycles. The highest BCUT2D eigenvalue weighted by atomic mass is 19.1. The lowest BCUT2D eigenvalue weighted by atomic mass is 10.1. The molecule has 0 amide bonds. The number of phenols is 1. The molecule has 0 heterocycles. The number of rotatable bonds is 3. The second-order valence-corrected chi connectivity index (χ2v) is 3.42. The van der Waals surface area contributed by atoms with E-state index in [1.165, 1.54) is 11.0 Å². The van der Waals surface area contributed by atoms with E-state index in [2.05, 4.69) is 0 Å². The zero-order chi connectivity index (χ0) is 11.6. The molecule has 1 unspecified atom stereocenters. The zero-order valence-electron chi connectivity index (χ0n) is 8.44. The summed E-state index contributed by atoms with van der Waals surface area (Å²) in [6.45, 7) is 0. The number of carboxylic acids is 1. The second kappa shape index (κ2) is 4.27. The normalized spacial score (nSPS) is 12.8. The molecular weight excluding hydrogens is 201 g/mol. The molecule has 15 heavy (non-hydrogen) atoms. The highest BCUT2D eigenvalue weighted by Crippen LogP contribution is 2.23. The SMILES string of the molecule is CN(C)C(C(=O)O)c1ccc(O)c(F)c1. The zero-order valence-corrected chi connectivity index (χ0v) is 8.44. The predicted molar refractivity (Wildman–Crippen MR) is 52.1 cm³/mol. The predicted octanol–water partition coefficient (Wildman–Crippen LogP) is 1.22. The fourth-order valence-corrected chi connectivity index (χ4v) is 1.35. The molecule has 1 aromatic carbocycles. The van der Waals surface area contributed by atoms with Crippen LogP contribution in [-0.2, 0) is 4.79 Å². The summed E-state index contributed by atoms with van der Waals surface area (Å²) in [5.41, 5.74) is 0.294. The quantitative estimate of drug-likeness (QED) is 0.792. The number of hydrogen-bond acceptors (Lipinski definition) is 3. The number of nitrogens with zero attached hydrogens (tertiary/aromatic N) is 1. The minimum absolute atomic E-state index is 0.294. The first-order valence-corrected chi connectivity index (χ1v) is 4.31. The summed E-state index contributed by atoms with van der Waals surface area (Å²) < 4.78 is 13.0. The van der Waals surface area contributed by atoms with E-state index < -0.39 is 23.6 Å². The van der Waals surface area contributed by atoms with Crippen LogP contribution in [0.4, 0.5) is 4.39 Å². The molecule has 4 nitrogen and oxygen atoms in total. The van der Waals surface area contributed by atoms with Gasteiger partial charge in [0.05, 0.1) is 0 Å². The van der Waals surface area contributed by atoms with E-state index >= 15 is 0 Å². The van der Waals surface area contributed by atoms with Crippen molar-refractivity contribution in [2.75, 3.05) is 14.1 Å². The topological polar surface area (TPSA) is 60.8 Å². The summed E-state index contributed by atoms with van der Waals surface area (Å²) in [6.07, 6.45) is 0. The van der Waals surface area contributed by atoms with Crippen LogP contribution in [0.5, 0.6) is 5.75 Å². The monoisotopic (exact) mass is 213 g/mol. The van der Waals surface area contributed by atoms with E-state index in [9.17, 15) is 9.18 Å². The third-order valence-corrected chi connectivity index (χ3v) is 2.04. The summed E-state index contributed by atoms with van der Waals surface area (Å²) in [4.78, 5) is 12.4. The molecule has 0 radical (unpaired) electrons. The number of carboxylic acid groups (broad SMARTS) is 1. The van der Waals surface area contributed by atoms with E-state index in [4.69, 9.17) is 10.2 Å². The van der Waals surface area contributed by atoms with Crippen molar-refractivity contribution in [3.63, 3.8) is 0 Å². The fraction of sp³-hybridized carbons (Fsp3) is 0.300. The lowest BCUT2D eigenvalue weighted by molar-refractivity contribution is -0.142. The van der Waals surface area contributed by atoms with Gasteiger partial charge >= 0.3 is 5.97 Å². The van der Waals surface area contributed by atoms with Gasteiger partial charge in [-0.15, -0.1) is 0 Å². The number of aliphatic carboxylic acids is 1. The number of hydrogen-bond donors (Lipinski definition) is 2. The lowest BCUT2D eigenvalue weighted by Gasteiger charge is -2.20. The van der Waals surface area contributed by atoms with Gasteiger partial charge < -0.3 is 10.2 Å². The number of aromatic hydroxyl groups is 1. The van der Waals surface area contributed by atoms with Crippen molar-refractivity contribution in [1.29, 1.82) is 0 Å². The molecule has 0 bridgehead atoms. The molecule has 0 spiro atoms. The Morgan fingerprint density at radius 3 is 2.47 bits per heavy atom. The maximum atomic E-state index is 13.0. The molecular formula is C10H12FNO3. The van der Waals surface area contributed by atoms with Crippen molar-refractivity contribution in [1.82, 2.24) is 4.90 Å². The summed E-state index contributed by atoms with van der Waals surface area (Å²) in [6, 6.07) is 2.63. The van der Waals surface area contributed by atoms with Gasteiger partial charge in [0.15, 0.2) is 11.6 Å². The Hall–Kier alpha value is -1.62. The summed E-state index contributed by atoms with van der Waals surface area (Å²) in [5, 5.41) is 17.9.